The standard InChI is InChI=1S/C20H19ClF2N2O5/c1-30-17-9-12(21)3-2-11(17)8-16(20(28)29)25-18(26)6-7-24-19(27)14-5-4-13(22)10-15(14)23/h2-5,9-10,16H,6-8H2,1H3,(H,24,27)(H,25,26)(H,28,29). The summed E-state index contributed by atoms with van der Waals surface area (Å²) >= 11 is 5.88. The molecule has 0 aliphatic heterocycles. The van der Waals surface area contributed by atoms with E-state index in [-0.39, 0.29) is 24.9 Å². The van der Waals surface area contributed by atoms with Gasteiger partial charge in [0.1, 0.15) is 23.4 Å². The summed E-state index contributed by atoms with van der Waals surface area (Å²) in [6, 6.07) is 5.96. The van der Waals surface area contributed by atoms with Crippen LogP contribution in [0, 0.1) is 11.6 Å². The smallest absolute Gasteiger partial charge is 0.326 e. The van der Waals surface area contributed by atoms with E-state index in [0.29, 0.717) is 22.4 Å². The Labute approximate surface area is 176 Å². The Bertz CT molecular complexity index is 955. The van der Waals surface area contributed by atoms with Gasteiger partial charge >= 0.3 is 5.97 Å². The van der Waals surface area contributed by atoms with Gasteiger partial charge in [-0.2, -0.15) is 0 Å². The second-order valence-electron chi connectivity index (χ2n) is 6.25. The maximum Gasteiger partial charge on any atom is 0.326 e. The van der Waals surface area contributed by atoms with Crippen molar-refractivity contribution >= 4 is 29.4 Å². The van der Waals surface area contributed by atoms with Gasteiger partial charge in [0.15, 0.2) is 0 Å². The highest BCUT2D eigenvalue weighted by Gasteiger charge is 2.22. The molecule has 1 unspecified atom stereocenters. The summed E-state index contributed by atoms with van der Waals surface area (Å²) in [5, 5.41) is 14.5. The van der Waals surface area contributed by atoms with Crippen LogP contribution in [0.1, 0.15) is 22.3 Å². The lowest BCUT2D eigenvalue weighted by Crippen LogP contribution is -2.43. The minimum atomic E-state index is -1.25. The lowest BCUT2D eigenvalue weighted by molar-refractivity contribution is -0.141. The molecule has 160 valence electrons. The number of methoxy groups -OCH3 is 1. The van der Waals surface area contributed by atoms with E-state index in [9.17, 15) is 28.3 Å². The van der Waals surface area contributed by atoms with E-state index in [1.807, 2.05) is 0 Å². The van der Waals surface area contributed by atoms with Gasteiger partial charge in [-0.25, -0.2) is 13.6 Å². The van der Waals surface area contributed by atoms with Gasteiger partial charge in [0.25, 0.3) is 5.91 Å². The van der Waals surface area contributed by atoms with Crippen LogP contribution in [0.4, 0.5) is 8.78 Å². The van der Waals surface area contributed by atoms with Crippen LogP contribution in [0.5, 0.6) is 5.75 Å². The lowest BCUT2D eigenvalue weighted by Gasteiger charge is -2.17. The number of amides is 2. The summed E-state index contributed by atoms with van der Waals surface area (Å²) in [4.78, 5) is 35.5. The van der Waals surface area contributed by atoms with E-state index in [0.717, 1.165) is 12.1 Å². The van der Waals surface area contributed by atoms with E-state index >= 15 is 0 Å². The van der Waals surface area contributed by atoms with Crippen molar-refractivity contribution in [2.24, 2.45) is 0 Å². The van der Waals surface area contributed by atoms with Gasteiger partial charge in [-0.1, -0.05) is 17.7 Å². The predicted octanol–water partition coefficient (Wildman–Crippen LogP) is 2.56. The summed E-state index contributed by atoms with van der Waals surface area (Å²) in [7, 11) is 1.41. The van der Waals surface area contributed by atoms with Crippen LogP contribution in [-0.4, -0.2) is 42.6 Å². The molecule has 2 aromatic rings. The fourth-order valence-corrected chi connectivity index (χ4v) is 2.79. The topological polar surface area (TPSA) is 105 Å². The molecule has 0 bridgehead atoms. The Kier molecular flexibility index (Phi) is 8.11. The zero-order valence-corrected chi connectivity index (χ0v) is 16.6. The van der Waals surface area contributed by atoms with Crippen molar-refractivity contribution in [2.45, 2.75) is 18.9 Å². The van der Waals surface area contributed by atoms with Gasteiger partial charge < -0.3 is 20.5 Å². The van der Waals surface area contributed by atoms with Crippen molar-refractivity contribution in [2.75, 3.05) is 13.7 Å². The monoisotopic (exact) mass is 440 g/mol. The number of ether oxygens (including phenoxy) is 1. The highest BCUT2D eigenvalue weighted by molar-refractivity contribution is 6.30. The molecule has 0 saturated carbocycles. The van der Waals surface area contributed by atoms with Crippen LogP contribution in [0.2, 0.25) is 5.02 Å². The number of hydrogen-bond acceptors (Lipinski definition) is 4. The molecule has 10 heteroatoms. The molecule has 30 heavy (non-hydrogen) atoms. The molecular weight excluding hydrogens is 422 g/mol. The number of carboxylic acids is 1. The quantitative estimate of drug-likeness (QED) is 0.556. The molecule has 0 spiro atoms. The van der Waals surface area contributed by atoms with Gasteiger partial charge in [-0.05, 0) is 29.8 Å². The average molecular weight is 441 g/mol. The maximum atomic E-state index is 13.6. The molecular formula is C20H19ClF2N2O5. The number of halogens is 3. The molecule has 2 rings (SSSR count). The fourth-order valence-electron chi connectivity index (χ4n) is 2.63. The third-order valence-electron chi connectivity index (χ3n) is 4.12. The number of hydrogen-bond donors (Lipinski definition) is 3. The van der Waals surface area contributed by atoms with Crippen LogP contribution in [-0.2, 0) is 16.0 Å². The lowest BCUT2D eigenvalue weighted by atomic mass is 10.0. The number of benzene rings is 2. The summed E-state index contributed by atoms with van der Waals surface area (Å²) in [6.45, 7) is -0.169. The van der Waals surface area contributed by atoms with E-state index in [1.54, 1.807) is 12.1 Å². The molecule has 2 amide bonds. The van der Waals surface area contributed by atoms with E-state index < -0.39 is 35.5 Å². The second kappa shape index (κ2) is 10.5. The normalized spacial score (nSPS) is 11.5. The highest BCUT2D eigenvalue weighted by atomic mass is 35.5. The van der Waals surface area contributed by atoms with Crippen molar-refractivity contribution < 1.29 is 33.0 Å². The molecule has 1 atom stereocenters. The molecule has 0 aliphatic rings. The van der Waals surface area contributed by atoms with Crippen molar-refractivity contribution in [1.29, 1.82) is 0 Å². The Hall–Kier alpha value is -3.20. The first-order chi connectivity index (χ1) is 14.2. The molecule has 0 fully saturated rings. The van der Waals surface area contributed by atoms with E-state index in [2.05, 4.69) is 10.6 Å². The molecule has 0 saturated heterocycles. The Morgan fingerprint density at radius 1 is 1.17 bits per heavy atom. The first-order valence-corrected chi connectivity index (χ1v) is 9.17. The third-order valence-corrected chi connectivity index (χ3v) is 4.35. The van der Waals surface area contributed by atoms with Crippen molar-refractivity contribution in [3.63, 3.8) is 0 Å². The summed E-state index contributed by atoms with van der Waals surface area (Å²) in [6.07, 6.45) is -0.287. The number of carboxylic acid groups (broad SMARTS) is 1. The third kappa shape index (κ3) is 6.41. The molecule has 2 aromatic carbocycles. The SMILES string of the molecule is COc1cc(Cl)ccc1CC(NC(=O)CCNC(=O)c1ccc(F)cc1F)C(=O)O. The number of rotatable bonds is 9. The van der Waals surface area contributed by atoms with Crippen LogP contribution >= 0.6 is 11.6 Å². The van der Waals surface area contributed by atoms with Crippen molar-refractivity contribution in [3.8, 4) is 5.75 Å². The Morgan fingerprint density at radius 2 is 1.90 bits per heavy atom. The van der Waals surface area contributed by atoms with Crippen LogP contribution < -0.4 is 15.4 Å². The van der Waals surface area contributed by atoms with Crippen molar-refractivity contribution in [3.05, 3.63) is 64.2 Å². The molecule has 0 heterocycles. The average Bonchev–Trinajstić information content (AvgIpc) is 2.68. The zero-order valence-electron chi connectivity index (χ0n) is 15.9. The van der Waals surface area contributed by atoms with E-state index in [4.69, 9.17) is 16.3 Å². The van der Waals surface area contributed by atoms with Gasteiger partial charge in [0.2, 0.25) is 5.91 Å². The number of nitrogens with one attached hydrogen (secondary N) is 2. The Balaban J connectivity index is 1.91. The minimum Gasteiger partial charge on any atom is -0.496 e. The summed E-state index contributed by atoms with van der Waals surface area (Å²) < 4.78 is 31.6. The first kappa shape index (κ1) is 23.1. The van der Waals surface area contributed by atoms with Crippen LogP contribution in [0.25, 0.3) is 0 Å². The van der Waals surface area contributed by atoms with Gasteiger partial charge in [0.05, 0.1) is 12.7 Å². The molecule has 0 radical (unpaired) electrons. The van der Waals surface area contributed by atoms with E-state index in [1.165, 1.54) is 13.2 Å². The van der Waals surface area contributed by atoms with Crippen LogP contribution in [0.15, 0.2) is 36.4 Å². The largest absolute Gasteiger partial charge is 0.496 e. The minimum absolute atomic E-state index is 0.0471. The molecule has 0 aliphatic carbocycles. The number of carbonyl (C=O) groups is 3. The molecule has 3 N–H and O–H groups in total. The highest BCUT2D eigenvalue weighted by Crippen LogP contribution is 2.24. The van der Waals surface area contributed by atoms with Gasteiger partial charge in [-0.15, -0.1) is 0 Å². The second-order valence-corrected chi connectivity index (χ2v) is 6.69. The van der Waals surface area contributed by atoms with Crippen molar-refractivity contribution in [1.82, 2.24) is 10.6 Å². The fraction of sp³-hybridized carbons (Fsp3) is 0.250. The Morgan fingerprint density at radius 3 is 2.53 bits per heavy atom. The number of aliphatic carboxylic acids is 1. The molecule has 0 aromatic heterocycles. The zero-order chi connectivity index (χ0) is 22.3. The van der Waals surface area contributed by atoms with Crippen LogP contribution in [0.3, 0.4) is 0 Å². The first-order valence-electron chi connectivity index (χ1n) is 8.79. The van der Waals surface area contributed by atoms with Gasteiger partial charge in [-0.3, -0.25) is 9.59 Å². The summed E-state index contributed by atoms with van der Waals surface area (Å²) in [5.41, 5.74) is 0.171. The number of carbonyl (C=O) groups excluding carboxylic acids is 2. The maximum absolute atomic E-state index is 13.6. The van der Waals surface area contributed by atoms with Gasteiger partial charge in [0, 0.05) is 30.5 Å². The predicted molar refractivity (Wildman–Crippen MR) is 105 cm³/mol. The molecule has 7 nitrogen and oxygen atoms in total. The summed E-state index contributed by atoms with van der Waals surface area (Å²) in [5.74, 6) is -4.16.